The van der Waals surface area contributed by atoms with Crippen LogP contribution in [0.1, 0.15) is 29.0 Å². The van der Waals surface area contributed by atoms with Gasteiger partial charge in [0.2, 0.25) is 5.91 Å². The van der Waals surface area contributed by atoms with Gasteiger partial charge in [0.25, 0.3) is 5.91 Å². The van der Waals surface area contributed by atoms with E-state index in [0.717, 1.165) is 12.8 Å². The van der Waals surface area contributed by atoms with Crippen LogP contribution in [0.3, 0.4) is 0 Å². The van der Waals surface area contributed by atoms with E-state index in [1.54, 1.807) is 42.2 Å². The number of hydrogen-bond acceptors (Lipinski definition) is 5. The van der Waals surface area contributed by atoms with Gasteiger partial charge in [-0.05, 0) is 37.8 Å². The molecule has 0 saturated heterocycles. The molecule has 1 aliphatic carbocycles. The van der Waals surface area contributed by atoms with Crippen molar-refractivity contribution >= 4 is 17.6 Å². The molecule has 25 heavy (non-hydrogen) atoms. The Balaban J connectivity index is 1.72. The molecule has 0 atom stereocenters. The van der Waals surface area contributed by atoms with Crippen LogP contribution in [0.25, 0.3) is 0 Å². The minimum atomic E-state index is -0.308. The molecule has 1 aromatic heterocycles. The van der Waals surface area contributed by atoms with Crippen LogP contribution in [0.2, 0.25) is 0 Å². The van der Waals surface area contributed by atoms with Gasteiger partial charge in [-0.1, -0.05) is 17.3 Å². The van der Waals surface area contributed by atoms with Gasteiger partial charge in [0, 0.05) is 12.6 Å². The Bertz CT molecular complexity index is 767. The lowest BCUT2D eigenvalue weighted by molar-refractivity contribution is -0.117. The van der Waals surface area contributed by atoms with E-state index in [4.69, 9.17) is 9.26 Å². The largest absolute Gasteiger partial charge is 0.496 e. The average molecular weight is 343 g/mol. The van der Waals surface area contributed by atoms with Gasteiger partial charge in [-0.3, -0.25) is 9.59 Å². The third-order valence-corrected chi connectivity index (χ3v) is 4.03. The van der Waals surface area contributed by atoms with Crippen LogP contribution in [-0.2, 0) is 4.79 Å². The van der Waals surface area contributed by atoms with Gasteiger partial charge in [-0.2, -0.15) is 0 Å². The van der Waals surface area contributed by atoms with Gasteiger partial charge in [-0.25, -0.2) is 0 Å². The van der Waals surface area contributed by atoms with Crippen LogP contribution in [0.4, 0.5) is 5.82 Å². The van der Waals surface area contributed by atoms with Crippen molar-refractivity contribution in [3.05, 3.63) is 41.7 Å². The Morgan fingerprint density at radius 3 is 2.76 bits per heavy atom. The summed E-state index contributed by atoms with van der Waals surface area (Å²) in [7, 11) is 1.52. The molecular weight excluding hydrogens is 322 g/mol. The van der Waals surface area contributed by atoms with E-state index in [9.17, 15) is 9.59 Å². The Labute approximate surface area is 145 Å². The molecule has 1 N–H and O–H groups in total. The van der Waals surface area contributed by atoms with Crippen molar-refractivity contribution in [2.75, 3.05) is 25.5 Å². The summed E-state index contributed by atoms with van der Waals surface area (Å²) in [6.45, 7) is 2.26. The second-order valence-electron chi connectivity index (χ2n) is 6.20. The van der Waals surface area contributed by atoms with Gasteiger partial charge in [-0.15, -0.1) is 0 Å². The number of methoxy groups -OCH3 is 1. The van der Waals surface area contributed by atoms with Gasteiger partial charge in [0.05, 0.1) is 12.7 Å². The van der Waals surface area contributed by atoms with Crippen LogP contribution in [0, 0.1) is 12.8 Å². The summed E-state index contributed by atoms with van der Waals surface area (Å²) in [6.07, 6.45) is 2.17. The molecular formula is C18H21N3O4. The summed E-state index contributed by atoms with van der Waals surface area (Å²) in [5, 5.41) is 6.39. The van der Waals surface area contributed by atoms with Gasteiger partial charge < -0.3 is 19.5 Å². The minimum absolute atomic E-state index is 0.0424. The first-order valence-electron chi connectivity index (χ1n) is 8.22. The Hall–Kier alpha value is -2.83. The molecule has 0 aliphatic heterocycles. The lowest BCUT2D eigenvalue weighted by atomic mass is 10.1. The number of nitrogens with zero attached hydrogens (tertiary/aromatic N) is 2. The van der Waals surface area contributed by atoms with Crippen molar-refractivity contribution in [2.45, 2.75) is 19.8 Å². The van der Waals surface area contributed by atoms with E-state index in [-0.39, 0.29) is 18.4 Å². The highest BCUT2D eigenvalue weighted by Crippen LogP contribution is 2.30. The smallest absolute Gasteiger partial charge is 0.258 e. The lowest BCUT2D eigenvalue weighted by Crippen LogP contribution is -2.39. The minimum Gasteiger partial charge on any atom is -0.496 e. The van der Waals surface area contributed by atoms with E-state index in [1.165, 1.54) is 7.11 Å². The van der Waals surface area contributed by atoms with Gasteiger partial charge in [0.15, 0.2) is 5.82 Å². The maximum atomic E-state index is 12.9. The first-order valence-corrected chi connectivity index (χ1v) is 8.22. The average Bonchev–Trinajstić information content (AvgIpc) is 3.34. The van der Waals surface area contributed by atoms with Crippen molar-refractivity contribution in [3.8, 4) is 5.75 Å². The molecule has 0 unspecified atom stereocenters. The van der Waals surface area contributed by atoms with Crippen LogP contribution in [0.5, 0.6) is 5.75 Å². The maximum absolute atomic E-state index is 12.9. The number of carbonyl (C=O) groups excluding carboxylic acids is 2. The molecule has 0 spiro atoms. The normalized spacial score (nSPS) is 13.4. The molecule has 0 bridgehead atoms. The van der Waals surface area contributed by atoms with Crippen LogP contribution in [-0.4, -0.2) is 42.1 Å². The number of hydrogen-bond donors (Lipinski definition) is 1. The number of anilines is 1. The number of nitrogens with one attached hydrogen (secondary N) is 1. The van der Waals surface area contributed by atoms with Crippen molar-refractivity contribution < 1.29 is 18.8 Å². The van der Waals surface area contributed by atoms with Crippen molar-refractivity contribution in [2.24, 2.45) is 5.92 Å². The summed E-state index contributed by atoms with van der Waals surface area (Å²) >= 11 is 0. The SMILES string of the molecule is COc1ccccc1C(=O)N(CC(=O)Nc1cc(C)on1)CC1CC1. The summed E-state index contributed by atoms with van der Waals surface area (Å²) in [6, 6.07) is 8.66. The molecule has 2 amide bonds. The molecule has 7 heteroatoms. The Morgan fingerprint density at radius 2 is 2.12 bits per heavy atom. The quantitative estimate of drug-likeness (QED) is 0.835. The summed E-state index contributed by atoms with van der Waals surface area (Å²) in [4.78, 5) is 26.8. The highest BCUT2D eigenvalue weighted by molar-refractivity contribution is 6.00. The molecule has 1 aliphatic rings. The lowest BCUT2D eigenvalue weighted by Gasteiger charge is -2.22. The van der Waals surface area contributed by atoms with E-state index >= 15 is 0 Å². The third kappa shape index (κ3) is 4.37. The molecule has 0 radical (unpaired) electrons. The zero-order valence-corrected chi connectivity index (χ0v) is 14.3. The molecule has 3 rings (SSSR count). The highest BCUT2D eigenvalue weighted by atomic mass is 16.5. The molecule has 7 nitrogen and oxygen atoms in total. The van der Waals surface area contributed by atoms with Gasteiger partial charge in [0.1, 0.15) is 18.1 Å². The zero-order chi connectivity index (χ0) is 17.8. The molecule has 2 aromatic rings. The number of aromatic nitrogens is 1. The van der Waals surface area contributed by atoms with Crippen LogP contribution in [0.15, 0.2) is 34.9 Å². The predicted molar refractivity (Wildman–Crippen MR) is 91.5 cm³/mol. The number of para-hydroxylation sites is 1. The van der Waals surface area contributed by atoms with E-state index in [2.05, 4.69) is 10.5 Å². The monoisotopic (exact) mass is 343 g/mol. The number of amides is 2. The fraction of sp³-hybridized carbons (Fsp3) is 0.389. The predicted octanol–water partition coefficient (Wildman–Crippen LogP) is 2.48. The second kappa shape index (κ2) is 7.38. The number of aryl methyl sites for hydroxylation is 1. The summed E-state index contributed by atoms with van der Waals surface area (Å²) in [5.74, 6) is 1.39. The van der Waals surface area contributed by atoms with Gasteiger partial charge >= 0.3 is 0 Å². The van der Waals surface area contributed by atoms with Crippen LogP contribution < -0.4 is 10.1 Å². The zero-order valence-electron chi connectivity index (χ0n) is 14.3. The third-order valence-electron chi connectivity index (χ3n) is 4.03. The fourth-order valence-electron chi connectivity index (χ4n) is 2.60. The number of ether oxygens (including phenoxy) is 1. The molecule has 1 saturated carbocycles. The highest BCUT2D eigenvalue weighted by Gasteiger charge is 2.29. The molecule has 1 heterocycles. The summed E-state index contributed by atoms with van der Waals surface area (Å²) in [5.41, 5.74) is 0.454. The molecule has 132 valence electrons. The van der Waals surface area contributed by atoms with Crippen molar-refractivity contribution in [1.82, 2.24) is 10.1 Å². The van der Waals surface area contributed by atoms with E-state index in [0.29, 0.717) is 35.4 Å². The second-order valence-corrected chi connectivity index (χ2v) is 6.20. The maximum Gasteiger partial charge on any atom is 0.258 e. The summed E-state index contributed by atoms with van der Waals surface area (Å²) < 4.78 is 10.2. The van der Waals surface area contributed by atoms with E-state index < -0.39 is 0 Å². The number of benzene rings is 1. The molecule has 1 fully saturated rings. The number of carbonyl (C=O) groups is 2. The van der Waals surface area contributed by atoms with Crippen LogP contribution >= 0.6 is 0 Å². The Kier molecular flexibility index (Phi) is 5.02. The van der Waals surface area contributed by atoms with Crippen molar-refractivity contribution in [1.29, 1.82) is 0 Å². The Morgan fingerprint density at radius 1 is 1.36 bits per heavy atom. The number of rotatable bonds is 7. The standard InChI is InChI=1S/C18H21N3O4/c1-12-9-16(20-25-12)19-17(22)11-21(10-13-7-8-13)18(23)14-5-3-4-6-15(14)24-2/h3-6,9,13H,7-8,10-11H2,1-2H3,(H,19,20,22). The molecule has 1 aromatic carbocycles. The topological polar surface area (TPSA) is 84.7 Å². The first kappa shape index (κ1) is 17.0. The fourth-order valence-corrected chi connectivity index (χ4v) is 2.60. The first-order chi connectivity index (χ1) is 12.1. The van der Waals surface area contributed by atoms with Crippen molar-refractivity contribution in [3.63, 3.8) is 0 Å². The van der Waals surface area contributed by atoms with E-state index in [1.807, 2.05) is 0 Å².